The van der Waals surface area contributed by atoms with Gasteiger partial charge in [0.15, 0.2) is 0 Å². The number of hydrogen-bond donors (Lipinski definition) is 1. The zero-order valence-corrected chi connectivity index (χ0v) is 13.7. The molecule has 0 fully saturated rings. The molecule has 0 amide bonds. The fraction of sp³-hybridized carbons (Fsp3) is 0.267. The molecule has 0 radical (unpaired) electrons. The number of carbonyl (C=O) groups excluding carboxylic acids is 1. The first-order valence-electron chi connectivity index (χ1n) is 6.98. The number of carbonyl (C=O) groups is 1. The molecule has 2 aromatic rings. The van der Waals surface area contributed by atoms with Crippen LogP contribution in [0.3, 0.4) is 0 Å². The number of fused-ring (bicyclic) bond motifs is 1. The van der Waals surface area contributed by atoms with Gasteiger partial charge in [0, 0.05) is 0 Å². The molecule has 0 bridgehead atoms. The Kier molecular flexibility index (Phi) is 6.64. The van der Waals surface area contributed by atoms with Crippen molar-refractivity contribution in [2.24, 2.45) is 0 Å². The maximum Gasteiger partial charge on any atom is 0.446 e. The maximum atomic E-state index is 13.8. The molecule has 0 aliphatic carbocycles. The lowest BCUT2D eigenvalue weighted by atomic mass is 10.1. The van der Waals surface area contributed by atoms with E-state index in [1.54, 1.807) is 18.2 Å². The molecule has 2 aromatic carbocycles. The Morgan fingerprint density at radius 1 is 1.04 bits per heavy atom. The van der Waals surface area contributed by atoms with E-state index in [0.29, 0.717) is 5.75 Å². The van der Waals surface area contributed by atoms with Crippen molar-refractivity contribution in [3.63, 3.8) is 0 Å². The van der Waals surface area contributed by atoms with Gasteiger partial charge in [-0.3, -0.25) is 0 Å². The predicted molar refractivity (Wildman–Crippen MR) is 82.7 cm³/mol. The largest absolute Gasteiger partial charge is 0.490 e. The molecule has 0 aliphatic heterocycles. The lowest BCUT2D eigenvalue weighted by Crippen LogP contribution is -2.46. The first kappa shape index (κ1) is 20.2. The van der Waals surface area contributed by atoms with E-state index in [1.807, 2.05) is 24.3 Å². The van der Waals surface area contributed by atoms with Gasteiger partial charge in [0.2, 0.25) is 0 Å². The summed E-state index contributed by atoms with van der Waals surface area (Å²) in [5.74, 6) is -1.87. The van der Waals surface area contributed by atoms with Crippen LogP contribution in [0.25, 0.3) is 10.8 Å². The van der Waals surface area contributed by atoms with Gasteiger partial charge in [-0.25, -0.2) is 14.4 Å². The van der Waals surface area contributed by atoms with Crippen molar-refractivity contribution >= 4 is 28.8 Å². The lowest BCUT2D eigenvalue weighted by Gasteiger charge is -2.22. The number of alkyl halides is 4. The van der Waals surface area contributed by atoms with Crippen molar-refractivity contribution in [1.29, 1.82) is 0 Å². The van der Waals surface area contributed by atoms with Crippen LogP contribution in [-0.4, -0.2) is 35.6 Å². The van der Waals surface area contributed by atoms with Crippen LogP contribution in [-0.2, 0) is 18.9 Å². The summed E-state index contributed by atoms with van der Waals surface area (Å²) in [7, 11) is 0. The number of hydrogen-bond acceptors (Lipinski definition) is 7. The van der Waals surface area contributed by atoms with Gasteiger partial charge in [0.25, 0.3) is 0 Å². The number of esters is 1. The van der Waals surface area contributed by atoms with Crippen LogP contribution in [0.1, 0.15) is 0 Å². The van der Waals surface area contributed by atoms with Crippen LogP contribution in [0.5, 0.6) is 5.75 Å². The summed E-state index contributed by atoms with van der Waals surface area (Å²) in [4.78, 5) is 11.4. The normalized spacial score (nSPS) is 14.0. The van der Waals surface area contributed by atoms with Crippen LogP contribution in [0.15, 0.2) is 42.5 Å². The third-order valence-electron chi connectivity index (χ3n) is 3.11. The fourth-order valence-electron chi connectivity index (χ4n) is 1.90. The number of rotatable bonds is 8. The summed E-state index contributed by atoms with van der Waals surface area (Å²) < 4.78 is 64.7. The first-order valence-corrected chi connectivity index (χ1v) is 7.72. The topological polar surface area (TPSA) is 74.2 Å². The van der Waals surface area contributed by atoms with E-state index in [4.69, 9.17) is 9.99 Å². The van der Waals surface area contributed by atoms with Crippen LogP contribution in [0, 0.1) is 0 Å². The molecule has 0 spiro atoms. The Morgan fingerprint density at radius 3 is 2.38 bits per heavy atom. The minimum atomic E-state index is -5.66. The van der Waals surface area contributed by atoms with Crippen molar-refractivity contribution in [3.05, 3.63) is 42.5 Å². The van der Waals surface area contributed by atoms with E-state index in [9.17, 15) is 22.4 Å². The zero-order chi connectivity index (χ0) is 19.2. The highest BCUT2D eigenvalue weighted by atomic mass is 32.2. The van der Waals surface area contributed by atoms with E-state index in [1.165, 1.54) is 0 Å². The molecule has 0 heterocycles. The van der Waals surface area contributed by atoms with E-state index in [-0.39, 0.29) is 6.61 Å². The highest BCUT2D eigenvalue weighted by molar-refractivity contribution is 7.96. The van der Waals surface area contributed by atoms with Gasteiger partial charge >= 0.3 is 17.1 Å². The molecular formula is C15H12F4O6S. The van der Waals surface area contributed by atoms with Gasteiger partial charge in [0.05, 0.1) is 12.0 Å². The van der Waals surface area contributed by atoms with Crippen LogP contribution in [0.4, 0.5) is 17.6 Å². The molecule has 26 heavy (non-hydrogen) atoms. The molecule has 0 saturated carbocycles. The summed E-state index contributed by atoms with van der Waals surface area (Å²) in [6.07, 6.45) is -5.66. The molecule has 0 aromatic heterocycles. The molecule has 1 atom stereocenters. The van der Waals surface area contributed by atoms with Crippen molar-refractivity contribution in [1.82, 2.24) is 0 Å². The average Bonchev–Trinajstić information content (AvgIpc) is 2.61. The average molecular weight is 396 g/mol. The number of ether oxygens (including phenoxy) is 2. The number of benzene rings is 2. The third-order valence-corrected chi connectivity index (χ3v) is 3.87. The third kappa shape index (κ3) is 4.75. The van der Waals surface area contributed by atoms with Crippen LogP contribution in [0.2, 0.25) is 0 Å². The SMILES string of the molecule is O=C(OCCOc1ccc2ccccc2c1)C(F)(SOOO)C(F)(F)F. The fourth-order valence-corrected chi connectivity index (χ4v) is 2.25. The summed E-state index contributed by atoms with van der Waals surface area (Å²) >= 11 is -1.08. The Balaban J connectivity index is 1.89. The van der Waals surface area contributed by atoms with Gasteiger partial charge < -0.3 is 9.47 Å². The van der Waals surface area contributed by atoms with E-state index in [0.717, 1.165) is 10.8 Å². The predicted octanol–water partition coefficient (Wildman–Crippen LogP) is 4.06. The lowest BCUT2D eigenvalue weighted by molar-refractivity contribution is -0.433. The monoisotopic (exact) mass is 396 g/mol. The summed E-state index contributed by atoms with van der Waals surface area (Å²) in [6.45, 7) is -0.950. The molecule has 2 rings (SSSR count). The Morgan fingerprint density at radius 2 is 1.73 bits per heavy atom. The molecule has 6 nitrogen and oxygen atoms in total. The van der Waals surface area contributed by atoms with Crippen molar-refractivity contribution < 1.29 is 46.5 Å². The highest BCUT2D eigenvalue weighted by Gasteiger charge is 2.66. The second-order valence-electron chi connectivity index (χ2n) is 4.81. The molecule has 0 aliphatic rings. The van der Waals surface area contributed by atoms with Gasteiger partial charge in [-0.05, 0) is 22.9 Å². The van der Waals surface area contributed by atoms with Gasteiger partial charge in [-0.2, -0.15) is 13.2 Å². The molecule has 0 saturated heterocycles. The van der Waals surface area contributed by atoms with Crippen LogP contribution < -0.4 is 4.74 Å². The van der Waals surface area contributed by atoms with E-state index < -0.39 is 35.8 Å². The second-order valence-corrected chi connectivity index (χ2v) is 5.68. The quantitative estimate of drug-likeness (QED) is 0.180. The van der Waals surface area contributed by atoms with Gasteiger partial charge in [-0.1, -0.05) is 35.4 Å². The maximum absolute atomic E-state index is 13.8. The molecule has 1 N–H and O–H groups in total. The Bertz CT molecular complexity index is 756. The van der Waals surface area contributed by atoms with Gasteiger partial charge in [0.1, 0.15) is 19.0 Å². The van der Waals surface area contributed by atoms with Crippen molar-refractivity contribution in [2.75, 3.05) is 13.2 Å². The Hall–Kier alpha value is -2.08. The minimum absolute atomic E-state index is 0.306. The Labute approximate surface area is 148 Å². The first-order chi connectivity index (χ1) is 12.3. The number of halogens is 4. The van der Waals surface area contributed by atoms with Crippen molar-refractivity contribution in [3.8, 4) is 5.75 Å². The van der Waals surface area contributed by atoms with Crippen LogP contribution >= 0.6 is 12.0 Å². The smallest absolute Gasteiger partial charge is 0.446 e. The highest BCUT2D eigenvalue weighted by Crippen LogP contribution is 2.44. The summed E-state index contributed by atoms with van der Waals surface area (Å²) in [5, 5.41) is 8.00. The van der Waals surface area contributed by atoms with E-state index in [2.05, 4.69) is 14.1 Å². The molecule has 1 unspecified atom stereocenters. The molecular weight excluding hydrogens is 384 g/mol. The summed E-state index contributed by atoms with van der Waals surface area (Å²) in [6, 6.07) is 12.5. The standard InChI is InChI=1S/C15H12F4O6S/c16-14(15(17,18)19,26-25-24-21)13(20)23-8-7-22-12-6-5-10-3-1-2-4-11(10)9-12/h1-6,9,21H,7-8H2. The minimum Gasteiger partial charge on any atom is -0.490 e. The van der Waals surface area contributed by atoms with E-state index >= 15 is 0 Å². The zero-order valence-electron chi connectivity index (χ0n) is 12.9. The summed E-state index contributed by atoms with van der Waals surface area (Å²) in [5.41, 5.74) is 0. The van der Waals surface area contributed by atoms with Gasteiger partial charge in [-0.15, -0.1) is 4.33 Å². The molecule has 142 valence electrons. The molecule has 11 heteroatoms. The second kappa shape index (κ2) is 8.54. The van der Waals surface area contributed by atoms with Crippen molar-refractivity contribution in [2.45, 2.75) is 11.2 Å².